The van der Waals surface area contributed by atoms with E-state index in [-0.39, 0.29) is 11.5 Å². The van der Waals surface area contributed by atoms with E-state index in [1.54, 1.807) is 30.4 Å². The molecule has 0 saturated carbocycles. The first kappa shape index (κ1) is 15.5. The van der Waals surface area contributed by atoms with Crippen LogP contribution in [-0.2, 0) is 4.79 Å². The fraction of sp³-hybridized carbons (Fsp3) is 0.200. The summed E-state index contributed by atoms with van der Waals surface area (Å²) in [5.74, 6) is -0.433. The Morgan fingerprint density at radius 1 is 1.35 bits per heavy atom. The molecule has 106 valence electrons. The molecule has 0 aliphatic carbocycles. The van der Waals surface area contributed by atoms with Crippen molar-refractivity contribution in [3.8, 4) is 5.75 Å². The Bertz CT molecular complexity index is 548. The van der Waals surface area contributed by atoms with Crippen molar-refractivity contribution in [1.29, 1.82) is 0 Å². The highest BCUT2D eigenvalue weighted by atomic mass is 16.5. The molecule has 3 N–H and O–H groups in total. The highest BCUT2D eigenvalue weighted by molar-refractivity contribution is 6.06. The molecule has 0 aromatic heterocycles. The number of carbonyl (C=O) groups is 2. The van der Waals surface area contributed by atoms with Gasteiger partial charge in [-0.3, -0.25) is 9.59 Å². The molecule has 0 bridgehead atoms. The van der Waals surface area contributed by atoms with Gasteiger partial charge in [-0.1, -0.05) is 18.2 Å². The van der Waals surface area contributed by atoms with Gasteiger partial charge in [0.1, 0.15) is 5.75 Å². The van der Waals surface area contributed by atoms with Crippen LogP contribution in [0.4, 0.5) is 5.69 Å². The number of hydrogen-bond donors (Lipinski definition) is 2. The third-order valence-corrected chi connectivity index (χ3v) is 2.38. The number of ether oxygens (including phenoxy) is 1. The van der Waals surface area contributed by atoms with Crippen LogP contribution in [0.2, 0.25) is 0 Å². The molecule has 0 unspecified atom stereocenters. The lowest BCUT2D eigenvalue weighted by Gasteiger charge is -2.10. The molecule has 5 heteroatoms. The number of primary amides is 1. The Hall–Kier alpha value is -2.56. The standard InChI is InChI=1S/C15H18N2O3/c1-3-5-6-7-14(18)17-13-9-8-11(20-4-2)10-12(13)15(16)19/h3,5-10H,4H2,1-2H3,(H2,16,19)(H,17,18)/b5-3+,7-6+. The first-order valence-electron chi connectivity index (χ1n) is 6.25. The molecule has 0 spiro atoms. The smallest absolute Gasteiger partial charge is 0.250 e. The highest BCUT2D eigenvalue weighted by Crippen LogP contribution is 2.22. The lowest BCUT2D eigenvalue weighted by atomic mass is 10.1. The summed E-state index contributed by atoms with van der Waals surface area (Å²) >= 11 is 0. The van der Waals surface area contributed by atoms with Crippen molar-refractivity contribution in [2.45, 2.75) is 13.8 Å². The van der Waals surface area contributed by atoms with Gasteiger partial charge in [-0.2, -0.15) is 0 Å². The van der Waals surface area contributed by atoms with Crippen molar-refractivity contribution in [1.82, 2.24) is 0 Å². The van der Waals surface area contributed by atoms with Crippen molar-refractivity contribution < 1.29 is 14.3 Å². The van der Waals surface area contributed by atoms with Gasteiger partial charge >= 0.3 is 0 Å². The maximum Gasteiger partial charge on any atom is 0.250 e. The minimum Gasteiger partial charge on any atom is -0.494 e. The summed E-state index contributed by atoms with van der Waals surface area (Å²) in [5.41, 5.74) is 5.87. The minimum absolute atomic E-state index is 0.212. The average Bonchev–Trinajstić information content (AvgIpc) is 2.41. The van der Waals surface area contributed by atoms with Crippen LogP contribution in [0.5, 0.6) is 5.75 Å². The van der Waals surface area contributed by atoms with Crippen LogP contribution in [-0.4, -0.2) is 18.4 Å². The molecule has 0 aliphatic rings. The molecule has 0 heterocycles. The van der Waals surface area contributed by atoms with Crippen molar-refractivity contribution in [2.75, 3.05) is 11.9 Å². The Kier molecular flexibility index (Phi) is 6.03. The van der Waals surface area contributed by atoms with Gasteiger partial charge in [0.15, 0.2) is 0 Å². The predicted octanol–water partition coefficient (Wildman–Crippen LogP) is 2.26. The van der Waals surface area contributed by atoms with Gasteiger partial charge in [0, 0.05) is 6.08 Å². The van der Waals surface area contributed by atoms with E-state index in [0.29, 0.717) is 18.0 Å². The summed E-state index contributed by atoms with van der Waals surface area (Å²) in [6.45, 7) is 4.17. The Balaban J connectivity index is 2.94. The third-order valence-electron chi connectivity index (χ3n) is 2.38. The monoisotopic (exact) mass is 274 g/mol. The lowest BCUT2D eigenvalue weighted by molar-refractivity contribution is -0.111. The average molecular weight is 274 g/mol. The summed E-state index contributed by atoms with van der Waals surface area (Å²) in [4.78, 5) is 23.1. The quantitative estimate of drug-likeness (QED) is 0.616. The predicted molar refractivity (Wildman–Crippen MR) is 78.7 cm³/mol. The first-order valence-corrected chi connectivity index (χ1v) is 6.25. The molecule has 0 radical (unpaired) electrons. The summed E-state index contributed by atoms with van der Waals surface area (Å²) in [7, 11) is 0. The second-order valence-corrected chi connectivity index (χ2v) is 3.88. The van der Waals surface area contributed by atoms with E-state index in [2.05, 4.69) is 5.32 Å². The van der Waals surface area contributed by atoms with E-state index < -0.39 is 5.91 Å². The molecular formula is C15H18N2O3. The maximum atomic E-state index is 11.7. The molecule has 1 aromatic carbocycles. The van der Waals surface area contributed by atoms with E-state index in [1.807, 2.05) is 13.8 Å². The van der Waals surface area contributed by atoms with Gasteiger partial charge in [-0.05, 0) is 32.0 Å². The number of allylic oxidation sites excluding steroid dienone is 3. The minimum atomic E-state index is -0.626. The van der Waals surface area contributed by atoms with Gasteiger partial charge in [-0.25, -0.2) is 0 Å². The molecule has 20 heavy (non-hydrogen) atoms. The lowest BCUT2D eigenvalue weighted by Crippen LogP contribution is -2.17. The number of nitrogens with one attached hydrogen (secondary N) is 1. The molecule has 1 rings (SSSR count). The largest absolute Gasteiger partial charge is 0.494 e. The zero-order valence-corrected chi connectivity index (χ0v) is 11.6. The normalized spacial score (nSPS) is 10.9. The third kappa shape index (κ3) is 4.61. The van der Waals surface area contributed by atoms with Crippen LogP contribution in [0.1, 0.15) is 24.2 Å². The van der Waals surface area contributed by atoms with Crippen LogP contribution in [0, 0.1) is 0 Å². The zero-order chi connectivity index (χ0) is 15.0. The van der Waals surface area contributed by atoms with Gasteiger partial charge < -0.3 is 15.8 Å². The topological polar surface area (TPSA) is 81.4 Å². The maximum absolute atomic E-state index is 11.7. The highest BCUT2D eigenvalue weighted by Gasteiger charge is 2.11. The number of hydrogen-bond acceptors (Lipinski definition) is 3. The molecule has 0 fully saturated rings. The molecule has 0 saturated heterocycles. The van der Waals surface area contributed by atoms with E-state index >= 15 is 0 Å². The Morgan fingerprint density at radius 2 is 2.10 bits per heavy atom. The van der Waals surface area contributed by atoms with Crippen molar-refractivity contribution in [2.24, 2.45) is 5.73 Å². The molecule has 0 atom stereocenters. The van der Waals surface area contributed by atoms with Crippen LogP contribution >= 0.6 is 0 Å². The van der Waals surface area contributed by atoms with E-state index in [1.165, 1.54) is 12.1 Å². The van der Waals surface area contributed by atoms with Crippen LogP contribution in [0.3, 0.4) is 0 Å². The van der Waals surface area contributed by atoms with Crippen LogP contribution in [0.25, 0.3) is 0 Å². The molecular weight excluding hydrogens is 256 g/mol. The van der Waals surface area contributed by atoms with Crippen molar-refractivity contribution >= 4 is 17.5 Å². The van der Waals surface area contributed by atoms with Gasteiger partial charge in [0.2, 0.25) is 5.91 Å². The number of carbonyl (C=O) groups excluding carboxylic acids is 2. The van der Waals surface area contributed by atoms with Gasteiger partial charge in [0.25, 0.3) is 5.91 Å². The molecule has 5 nitrogen and oxygen atoms in total. The summed E-state index contributed by atoms with van der Waals surface area (Å²) < 4.78 is 5.29. The Morgan fingerprint density at radius 3 is 2.70 bits per heavy atom. The molecule has 1 aromatic rings. The second-order valence-electron chi connectivity index (χ2n) is 3.88. The summed E-state index contributed by atoms with van der Waals surface area (Å²) in [5, 5.41) is 2.60. The van der Waals surface area contributed by atoms with E-state index in [9.17, 15) is 9.59 Å². The molecule has 0 aliphatic heterocycles. The number of benzene rings is 1. The SMILES string of the molecule is C/C=C/C=C/C(=O)Nc1ccc(OCC)cc1C(N)=O. The number of rotatable bonds is 6. The van der Waals surface area contributed by atoms with Gasteiger partial charge in [0.05, 0.1) is 17.9 Å². The second kappa shape index (κ2) is 7.78. The summed E-state index contributed by atoms with van der Waals surface area (Å²) in [6.07, 6.45) is 6.50. The van der Waals surface area contributed by atoms with Crippen LogP contribution in [0.15, 0.2) is 42.5 Å². The van der Waals surface area contributed by atoms with E-state index in [0.717, 1.165) is 0 Å². The number of anilines is 1. The number of nitrogens with two attached hydrogens (primary N) is 1. The van der Waals surface area contributed by atoms with E-state index in [4.69, 9.17) is 10.5 Å². The molecule has 2 amide bonds. The fourth-order valence-electron chi connectivity index (χ4n) is 1.52. The number of amides is 2. The van der Waals surface area contributed by atoms with Crippen LogP contribution < -0.4 is 15.8 Å². The fourth-order valence-corrected chi connectivity index (χ4v) is 1.52. The zero-order valence-electron chi connectivity index (χ0n) is 11.6. The van der Waals surface area contributed by atoms with Crippen molar-refractivity contribution in [3.05, 3.63) is 48.1 Å². The first-order chi connectivity index (χ1) is 9.58. The van der Waals surface area contributed by atoms with Crippen molar-refractivity contribution in [3.63, 3.8) is 0 Å². The summed E-state index contributed by atoms with van der Waals surface area (Å²) in [6, 6.07) is 4.77. The Labute approximate surface area is 118 Å². The van der Waals surface area contributed by atoms with Gasteiger partial charge in [-0.15, -0.1) is 0 Å².